The smallest absolute Gasteiger partial charge is 0.275 e. The van der Waals surface area contributed by atoms with Crippen LogP contribution in [0.2, 0.25) is 0 Å². The molecule has 0 saturated heterocycles. The average Bonchev–Trinajstić information content (AvgIpc) is 3.05. The fourth-order valence-electron chi connectivity index (χ4n) is 3.99. The van der Waals surface area contributed by atoms with E-state index in [-0.39, 0.29) is 21.8 Å². The van der Waals surface area contributed by atoms with E-state index in [4.69, 9.17) is 9.47 Å². The molecule has 4 aromatic rings. The minimum Gasteiger partial charge on any atom is -0.493 e. The highest BCUT2D eigenvalue weighted by molar-refractivity contribution is 7.90. The maximum atomic E-state index is 13.5. The lowest BCUT2D eigenvalue weighted by Crippen LogP contribution is -2.12. The van der Waals surface area contributed by atoms with Crippen molar-refractivity contribution in [3.63, 3.8) is 0 Å². The predicted octanol–water partition coefficient (Wildman–Crippen LogP) is 4.80. The number of methoxy groups -OCH3 is 1. The van der Waals surface area contributed by atoms with Crippen molar-refractivity contribution in [2.24, 2.45) is 0 Å². The normalized spacial score (nSPS) is 12.7. The maximum Gasteiger partial charge on any atom is 0.275 e. The Labute approximate surface area is 183 Å². The summed E-state index contributed by atoms with van der Waals surface area (Å²) >= 11 is 0. The lowest BCUT2D eigenvalue weighted by atomic mass is 10.0. The zero-order valence-corrected chi connectivity index (χ0v) is 18.0. The van der Waals surface area contributed by atoms with E-state index in [9.17, 15) is 18.5 Å². The summed E-state index contributed by atoms with van der Waals surface area (Å²) in [5.41, 5.74) is 2.32. The van der Waals surface area contributed by atoms with E-state index < -0.39 is 14.9 Å². The summed E-state index contributed by atoms with van der Waals surface area (Å²) in [7, 11) is -2.48. The van der Waals surface area contributed by atoms with Crippen LogP contribution >= 0.6 is 0 Å². The third kappa shape index (κ3) is 3.01. The quantitative estimate of drug-likeness (QED) is 0.288. The highest BCUT2D eigenvalue weighted by Gasteiger charge is 2.29. The predicted molar refractivity (Wildman–Crippen MR) is 118 cm³/mol. The van der Waals surface area contributed by atoms with E-state index in [1.165, 1.54) is 37.6 Å². The molecule has 0 atom stereocenters. The summed E-state index contributed by atoms with van der Waals surface area (Å²) < 4.78 is 39.5. The Morgan fingerprint density at radius 1 is 1.09 bits per heavy atom. The molecular weight excluding hydrogens is 432 g/mol. The molecule has 0 aliphatic carbocycles. The van der Waals surface area contributed by atoms with E-state index in [0.717, 1.165) is 15.1 Å². The molecule has 0 unspecified atom stereocenters. The Kier molecular flexibility index (Phi) is 4.45. The van der Waals surface area contributed by atoms with Gasteiger partial charge in [-0.25, -0.2) is 12.4 Å². The van der Waals surface area contributed by atoms with Gasteiger partial charge in [-0.2, -0.15) is 0 Å². The third-order valence-corrected chi connectivity index (χ3v) is 7.25. The molecule has 1 aromatic heterocycles. The molecule has 0 bridgehead atoms. The zero-order chi connectivity index (χ0) is 22.6. The molecule has 0 radical (unpaired) electrons. The molecule has 0 N–H and O–H groups in total. The number of hydrogen-bond acceptors (Lipinski definition) is 6. The molecule has 0 fully saturated rings. The van der Waals surface area contributed by atoms with E-state index >= 15 is 0 Å². The van der Waals surface area contributed by atoms with Crippen LogP contribution in [0.3, 0.4) is 0 Å². The fraction of sp³-hybridized carbons (Fsp3) is 0.130. The number of non-ortho nitro benzene ring substituents is 1. The summed E-state index contributed by atoms with van der Waals surface area (Å²) in [6, 6.07) is 14.5. The number of hydrogen-bond donors (Lipinski definition) is 0. The van der Waals surface area contributed by atoms with Gasteiger partial charge in [-0.3, -0.25) is 10.1 Å². The molecule has 8 nitrogen and oxygen atoms in total. The van der Waals surface area contributed by atoms with Crippen LogP contribution in [0.4, 0.5) is 5.69 Å². The molecule has 1 aliphatic heterocycles. The molecule has 32 heavy (non-hydrogen) atoms. The van der Waals surface area contributed by atoms with Gasteiger partial charge in [0.15, 0.2) is 11.5 Å². The van der Waals surface area contributed by atoms with E-state index in [2.05, 4.69) is 0 Å². The number of aromatic nitrogens is 1. The molecule has 162 valence electrons. The topological polar surface area (TPSA) is 101 Å². The standard InChI is InChI=1S/C23H18N2O6S/c1-14-6-8-18(9-7-14)32(28,29)24-13-16-10-15-4-3-5-20(30-2)23(15)31-21-12-17(25(26)27)11-19(24)22(16)21/h3-9,11-13H,10H2,1-2H3. The van der Waals surface area contributed by atoms with Crippen LogP contribution in [0.1, 0.15) is 16.7 Å². The van der Waals surface area contributed by atoms with E-state index in [1.807, 2.05) is 19.1 Å². The van der Waals surface area contributed by atoms with Crippen molar-refractivity contribution in [3.8, 4) is 17.2 Å². The molecule has 9 heteroatoms. The van der Waals surface area contributed by atoms with Gasteiger partial charge >= 0.3 is 0 Å². The van der Waals surface area contributed by atoms with Gasteiger partial charge in [0.05, 0.1) is 28.5 Å². The van der Waals surface area contributed by atoms with Crippen molar-refractivity contribution in [2.45, 2.75) is 18.2 Å². The summed E-state index contributed by atoms with van der Waals surface area (Å²) in [4.78, 5) is 11.2. The van der Waals surface area contributed by atoms with Crippen LogP contribution in [0.5, 0.6) is 17.2 Å². The molecule has 0 saturated carbocycles. The summed E-state index contributed by atoms with van der Waals surface area (Å²) in [5, 5.41) is 12.1. The van der Waals surface area contributed by atoms with Crippen LogP contribution in [0, 0.1) is 17.0 Å². The monoisotopic (exact) mass is 450 g/mol. The van der Waals surface area contributed by atoms with Crippen molar-refractivity contribution >= 4 is 26.6 Å². The lowest BCUT2D eigenvalue weighted by molar-refractivity contribution is -0.384. The molecule has 5 rings (SSSR count). The number of nitro benzene ring substituents is 1. The van der Waals surface area contributed by atoms with Gasteiger partial charge in [-0.1, -0.05) is 29.8 Å². The molecule has 1 aliphatic rings. The summed E-state index contributed by atoms with van der Waals surface area (Å²) in [6.45, 7) is 1.87. The first-order chi connectivity index (χ1) is 15.3. The average molecular weight is 450 g/mol. The number of fused-ring (bicyclic) bond motifs is 1. The number of rotatable bonds is 4. The number of ether oxygens (including phenoxy) is 2. The van der Waals surface area contributed by atoms with Gasteiger partial charge in [0.1, 0.15) is 5.75 Å². The lowest BCUT2D eigenvalue weighted by Gasteiger charge is -2.13. The first-order valence-electron chi connectivity index (χ1n) is 9.78. The maximum absolute atomic E-state index is 13.5. The van der Waals surface area contributed by atoms with Crippen molar-refractivity contribution in [3.05, 3.63) is 87.6 Å². The number of nitrogens with zero attached hydrogens (tertiary/aromatic N) is 2. The minimum atomic E-state index is -3.99. The molecule has 0 amide bonds. The Bertz CT molecular complexity index is 1500. The van der Waals surface area contributed by atoms with Crippen LogP contribution < -0.4 is 9.47 Å². The molecule has 2 heterocycles. The second-order valence-corrected chi connectivity index (χ2v) is 9.41. The first-order valence-corrected chi connectivity index (χ1v) is 11.2. The largest absolute Gasteiger partial charge is 0.493 e. The SMILES string of the molecule is COc1cccc2c1Oc1cc([N+](=O)[O-])cc3c1c(cn3S(=O)(=O)c1ccc(C)cc1)C2. The van der Waals surface area contributed by atoms with Crippen LogP contribution in [0.15, 0.2) is 65.7 Å². The van der Waals surface area contributed by atoms with Crippen LogP contribution in [0.25, 0.3) is 10.9 Å². The highest BCUT2D eigenvalue weighted by Crippen LogP contribution is 2.46. The van der Waals surface area contributed by atoms with Crippen molar-refractivity contribution in [1.82, 2.24) is 3.97 Å². The van der Waals surface area contributed by atoms with Crippen molar-refractivity contribution in [2.75, 3.05) is 7.11 Å². The summed E-state index contributed by atoms with van der Waals surface area (Å²) in [5.74, 6) is 1.17. The van der Waals surface area contributed by atoms with E-state index in [0.29, 0.717) is 28.9 Å². The Morgan fingerprint density at radius 2 is 1.84 bits per heavy atom. The van der Waals surface area contributed by atoms with Gasteiger partial charge in [0.25, 0.3) is 15.7 Å². The van der Waals surface area contributed by atoms with Gasteiger partial charge in [-0.05, 0) is 30.7 Å². The Balaban J connectivity index is 1.81. The molecular formula is C23H18N2O6S. The number of nitro groups is 1. The van der Waals surface area contributed by atoms with Gasteiger partial charge in [0.2, 0.25) is 0 Å². The zero-order valence-electron chi connectivity index (χ0n) is 17.2. The first kappa shape index (κ1) is 20.1. The van der Waals surface area contributed by atoms with Crippen LogP contribution in [-0.4, -0.2) is 24.4 Å². The number of aryl methyl sites for hydroxylation is 1. The minimum absolute atomic E-state index is 0.0969. The van der Waals surface area contributed by atoms with Gasteiger partial charge in [-0.15, -0.1) is 0 Å². The van der Waals surface area contributed by atoms with E-state index in [1.54, 1.807) is 18.2 Å². The fourth-order valence-corrected chi connectivity index (χ4v) is 5.37. The second kappa shape index (κ2) is 7.10. The van der Waals surface area contributed by atoms with Gasteiger partial charge in [0, 0.05) is 29.6 Å². The number of benzene rings is 3. The van der Waals surface area contributed by atoms with Crippen LogP contribution in [-0.2, 0) is 16.4 Å². The third-order valence-electron chi connectivity index (χ3n) is 5.56. The highest BCUT2D eigenvalue weighted by atomic mass is 32.2. The molecule has 3 aromatic carbocycles. The number of para-hydroxylation sites is 1. The van der Waals surface area contributed by atoms with Crippen molar-refractivity contribution < 1.29 is 22.8 Å². The van der Waals surface area contributed by atoms with Crippen molar-refractivity contribution in [1.29, 1.82) is 0 Å². The Morgan fingerprint density at radius 3 is 2.53 bits per heavy atom. The molecule has 0 spiro atoms. The Hall–Kier alpha value is -3.85. The van der Waals surface area contributed by atoms with Gasteiger partial charge < -0.3 is 9.47 Å². The second-order valence-electron chi connectivity index (χ2n) is 7.59. The summed E-state index contributed by atoms with van der Waals surface area (Å²) in [6.07, 6.45) is 1.90.